The molecule has 0 saturated heterocycles. The summed E-state index contributed by atoms with van der Waals surface area (Å²) in [7, 11) is 2.83. The first-order valence-corrected chi connectivity index (χ1v) is 10.4. The fourth-order valence-electron chi connectivity index (χ4n) is 2.79. The molecule has 1 aliphatic heterocycles. The van der Waals surface area contributed by atoms with Crippen molar-refractivity contribution in [2.75, 3.05) is 20.8 Å². The fraction of sp³-hybridized carbons (Fsp3) is 0.182. The minimum absolute atomic E-state index is 0.0456. The number of carbonyl (C=O) groups excluding carboxylic acids is 1. The van der Waals surface area contributed by atoms with Crippen LogP contribution in [0.4, 0.5) is 5.69 Å². The molecular weight excluding hydrogens is 442 g/mol. The lowest BCUT2D eigenvalue weighted by Crippen LogP contribution is -2.12. The number of hydrogen-bond acceptors (Lipinski definition) is 8. The predicted molar refractivity (Wildman–Crippen MR) is 122 cm³/mol. The largest absolute Gasteiger partial charge is 0.506 e. The van der Waals surface area contributed by atoms with Gasteiger partial charge in [0.15, 0.2) is 11.5 Å². The maximum Gasteiger partial charge on any atom is 0.344 e. The number of rotatable bonds is 6. The summed E-state index contributed by atoms with van der Waals surface area (Å²) in [5, 5.41) is 21.6. The van der Waals surface area contributed by atoms with Gasteiger partial charge in [-0.3, -0.25) is 0 Å². The van der Waals surface area contributed by atoms with Crippen molar-refractivity contribution < 1.29 is 29.2 Å². The zero-order valence-corrected chi connectivity index (χ0v) is 18.6. The zero-order valence-electron chi connectivity index (χ0n) is 17.0. The Hall–Kier alpha value is -3.10. The quantitative estimate of drug-likeness (QED) is 0.566. The van der Waals surface area contributed by atoms with Gasteiger partial charge in [-0.05, 0) is 42.8 Å². The van der Waals surface area contributed by atoms with Crippen molar-refractivity contribution in [3.63, 3.8) is 0 Å². The van der Waals surface area contributed by atoms with E-state index in [9.17, 15) is 15.0 Å². The SMILES string of the molecule is CCOC(=O)C1=C(O)/C(=C\c2cc(OC)c(O)c(OC)c2)SC1=Nc1ccccc1Cl. The van der Waals surface area contributed by atoms with Gasteiger partial charge in [0, 0.05) is 0 Å². The number of nitrogens with zero attached hydrogens (tertiary/aromatic N) is 1. The minimum Gasteiger partial charge on any atom is -0.506 e. The Morgan fingerprint density at radius 3 is 2.39 bits per heavy atom. The summed E-state index contributed by atoms with van der Waals surface area (Å²) in [6, 6.07) is 10.1. The number of methoxy groups -OCH3 is 2. The Morgan fingerprint density at radius 2 is 1.81 bits per heavy atom. The number of carbonyl (C=O) groups is 1. The second-order valence-electron chi connectivity index (χ2n) is 6.20. The monoisotopic (exact) mass is 461 g/mol. The summed E-state index contributed by atoms with van der Waals surface area (Å²) in [5.41, 5.74) is 0.981. The summed E-state index contributed by atoms with van der Waals surface area (Å²) in [5.74, 6) is -0.691. The van der Waals surface area contributed by atoms with Crippen LogP contribution in [0.25, 0.3) is 6.08 Å². The van der Waals surface area contributed by atoms with Gasteiger partial charge in [0.2, 0.25) is 5.75 Å². The van der Waals surface area contributed by atoms with Gasteiger partial charge in [0.05, 0.1) is 36.4 Å². The maximum absolute atomic E-state index is 12.5. The Kier molecular flexibility index (Phi) is 7.14. The van der Waals surface area contributed by atoms with E-state index in [1.54, 1.807) is 49.4 Å². The van der Waals surface area contributed by atoms with Crippen molar-refractivity contribution in [3.8, 4) is 17.2 Å². The van der Waals surface area contributed by atoms with E-state index >= 15 is 0 Å². The van der Waals surface area contributed by atoms with Crippen LogP contribution in [0.3, 0.4) is 0 Å². The van der Waals surface area contributed by atoms with Crippen molar-refractivity contribution in [1.82, 2.24) is 0 Å². The Labute approximate surface area is 188 Å². The number of hydrogen-bond donors (Lipinski definition) is 2. The number of esters is 1. The molecule has 31 heavy (non-hydrogen) atoms. The number of aliphatic hydroxyl groups excluding tert-OH is 1. The van der Waals surface area contributed by atoms with Crippen molar-refractivity contribution in [2.45, 2.75) is 6.92 Å². The van der Waals surface area contributed by atoms with Gasteiger partial charge in [-0.1, -0.05) is 35.5 Å². The average molecular weight is 462 g/mol. The molecule has 9 heteroatoms. The van der Waals surface area contributed by atoms with Gasteiger partial charge in [-0.15, -0.1) is 0 Å². The highest BCUT2D eigenvalue weighted by atomic mass is 35.5. The topological polar surface area (TPSA) is 97.6 Å². The van der Waals surface area contributed by atoms with Crippen LogP contribution >= 0.6 is 23.4 Å². The number of phenolic OH excluding ortho intramolecular Hbond substituents is 1. The van der Waals surface area contributed by atoms with E-state index in [4.69, 9.17) is 25.8 Å². The number of aliphatic hydroxyl groups is 1. The van der Waals surface area contributed by atoms with Gasteiger partial charge in [-0.25, -0.2) is 9.79 Å². The molecule has 0 aliphatic carbocycles. The Balaban J connectivity index is 2.10. The highest BCUT2D eigenvalue weighted by Crippen LogP contribution is 2.43. The van der Waals surface area contributed by atoms with Crippen LogP contribution in [0, 0.1) is 0 Å². The molecule has 0 aromatic heterocycles. The predicted octanol–water partition coefficient (Wildman–Crippen LogP) is 5.26. The number of aromatic hydroxyl groups is 1. The van der Waals surface area contributed by atoms with E-state index in [1.165, 1.54) is 14.2 Å². The van der Waals surface area contributed by atoms with Crippen LogP contribution in [0.1, 0.15) is 12.5 Å². The maximum atomic E-state index is 12.5. The van der Waals surface area contributed by atoms with Gasteiger partial charge < -0.3 is 24.4 Å². The second-order valence-corrected chi connectivity index (χ2v) is 7.63. The van der Waals surface area contributed by atoms with Crippen molar-refractivity contribution in [3.05, 3.63) is 63.2 Å². The molecule has 0 saturated carbocycles. The van der Waals surface area contributed by atoms with E-state index in [1.807, 2.05) is 0 Å². The molecule has 0 spiro atoms. The molecule has 0 radical (unpaired) electrons. The number of phenols is 1. The number of aliphatic imine (C=N–C) groups is 1. The summed E-state index contributed by atoms with van der Waals surface area (Å²) in [4.78, 5) is 17.3. The van der Waals surface area contributed by atoms with Crippen molar-refractivity contribution >= 4 is 46.1 Å². The molecule has 2 aromatic rings. The van der Waals surface area contributed by atoms with Crippen LogP contribution in [0.15, 0.2) is 57.6 Å². The van der Waals surface area contributed by atoms with Crippen molar-refractivity contribution in [1.29, 1.82) is 0 Å². The first kappa shape index (κ1) is 22.6. The highest BCUT2D eigenvalue weighted by molar-refractivity contribution is 8.18. The fourth-order valence-corrected chi connectivity index (χ4v) is 4.00. The van der Waals surface area contributed by atoms with Crippen molar-refractivity contribution in [2.24, 2.45) is 4.99 Å². The summed E-state index contributed by atoms with van der Waals surface area (Å²) in [6.07, 6.45) is 1.62. The molecule has 0 atom stereocenters. The third kappa shape index (κ3) is 4.81. The van der Waals surface area contributed by atoms with Crippen LogP contribution in [-0.2, 0) is 9.53 Å². The molecule has 1 aliphatic rings. The first-order chi connectivity index (χ1) is 14.9. The molecule has 3 rings (SSSR count). The van der Waals surface area contributed by atoms with Gasteiger partial charge in [-0.2, -0.15) is 0 Å². The Bertz CT molecular complexity index is 1080. The smallest absolute Gasteiger partial charge is 0.344 e. The number of ether oxygens (including phenoxy) is 3. The first-order valence-electron chi connectivity index (χ1n) is 9.18. The van der Waals surface area contributed by atoms with Gasteiger partial charge in [0.25, 0.3) is 0 Å². The number of thioether (sulfide) groups is 1. The summed E-state index contributed by atoms with van der Waals surface area (Å²) < 4.78 is 15.4. The third-order valence-electron chi connectivity index (χ3n) is 4.24. The van der Waals surface area contributed by atoms with E-state index in [-0.39, 0.29) is 40.2 Å². The zero-order chi connectivity index (χ0) is 22.5. The Morgan fingerprint density at radius 1 is 1.16 bits per heavy atom. The normalized spacial score (nSPS) is 16.1. The molecule has 1 heterocycles. The highest BCUT2D eigenvalue weighted by Gasteiger charge is 2.33. The molecule has 162 valence electrons. The molecular formula is C22H20ClNO6S. The van der Waals surface area contributed by atoms with Gasteiger partial charge in [0.1, 0.15) is 16.4 Å². The summed E-state index contributed by atoms with van der Waals surface area (Å²) >= 11 is 7.29. The van der Waals surface area contributed by atoms with E-state index in [0.717, 1.165) is 11.8 Å². The van der Waals surface area contributed by atoms with Crippen LogP contribution < -0.4 is 9.47 Å². The lowest BCUT2D eigenvalue weighted by molar-refractivity contribution is -0.138. The molecule has 7 nitrogen and oxygen atoms in total. The second kappa shape index (κ2) is 9.80. The third-order valence-corrected chi connectivity index (χ3v) is 5.58. The lowest BCUT2D eigenvalue weighted by Gasteiger charge is -2.10. The standard InChI is InChI=1S/C22H20ClNO6S/c1-4-30-22(27)18-20(26)17(31-21(18)24-14-8-6-5-7-13(14)23)11-12-9-15(28-2)19(25)16(10-12)29-3/h5-11,25-26H,4H2,1-3H3/b17-11+,24-21?. The van der Waals surface area contributed by atoms with Crippen LogP contribution in [0.2, 0.25) is 5.02 Å². The molecule has 0 bridgehead atoms. The van der Waals surface area contributed by atoms with Crippen LogP contribution in [-0.4, -0.2) is 42.1 Å². The molecule has 2 N–H and O–H groups in total. The summed E-state index contributed by atoms with van der Waals surface area (Å²) in [6.45, 7) is 1.82. The van der Waals surface area contributed by atoms with E-state index in [2.05, 4.69) is 4.99 Å². The molecule has 0 fully saturated rings. The van der Waals surface area contributed by atoms with Crippen LogP contribution in [0.5, 0.6) is 17.2 Å². The number of para-hydroxylation sites is 1. The molecule has 0 amide bonds. The average Bonchev–Trinajstić information content (AvgIpc) is 3.05. The van der Waals surface area contributed by atoms with E-state index in [0.29, 0.717) is 21.2 Å². The lowest BCUT2D eigenvalue weighted by atomic mass is 10.1. The minimum atomic E-state index is -0.692. The van der Waals surface area contributed by atoms with Gasteiger partial charge >= 0.3 is 5.97 Å². The molecule has 0 unspecified atom stereocenters. The molecule has 2 aromatic carbocycles. The van der Waals surface area contributed by atoms with E-state index < -0.39 is 5.97 Å². The number of benzene rings is 2. The number of halogens is 1.